The van der Waals surface area contributed by atoms with E-state index in [0.29, 0.717) is 18.8 Å². The van der Waals surface area contributed by atoms with Crippen LogP contribution in [0.4, 0.5) is 5.69 Å². The highest BCUT2D eigenvalue weighted by molar-refractivity contribution is 5.92. The molecule has 32 heavy (non-hydrogen) atoms. The lowest BCUT2D eigenvalue weighted by atomic mass is 10.1. The summed E-state index contributed by atoms with van der Waals surface area (Å²) in [6, 6.07) is 14.7. The molecule has 1 aliphatic rings. The summed E-state index contributed by atoms with van der Waals surface area (Å²) >= 11 is 0. The molecule has 0 bridgehead atoms. The Morgan fingerprint density at radius 2 is 2.06 bits per heavy atom. The number of anilines is 1. The first-order valence-electron chi connectivity index (χ1n) is 11.1. The fourth-order valence-electron chi connectivity index (χ4n) is 4.47. The highest BCUT2D eigenvalue weighted by Gasteiger charge is 2.26. The second-order valence-electron chi connectivity index (χ2n) is 8.67. The summed E-state index contributed by atoms with van der Waals surface area (Å²) in [6.07, 6.45) is 8.06. The number of nitrogens with zero attached hydrogens (tertiary/aromatic N) is 5. The van der Waals surface area contributed by atoms with Gasteiger partial charge in [0.25, 0.3) is 0 Å². The molecule has 0 unspecified atom stereocenters. The zero-order chi connectivity index (χ0) is 21.7. The van der Waals surface area contributed by atoms with Gasteiger partial charge in [0, 0.05) is 29.9 Å². The Bertz CT molecular complexity index is 1420. The molecule has 6 rings (SSSR count). The van der Waals surface area contributed by atoms with Crippen molar-refractivity contribution in [2.24, 2.45) is 5.92 Å². The third kappa shape index (κ3) is 3.30. The first kappa shape index (κ1) is 19.0. The van der Waals surface area contributed by atoms with Gasteiger partial charge in [-0.3, -0.25) is 4.68 Å². The van der Waals surface area contributed by atoms with Crippen LogP contribution in [0.15, 0.2) is 61.1 Å². The number of fused-ring (bicyclic) bond motifs is 2. The fraction of sp³-hybridized carbons (Fsp3) is 0.280. The molecule has 0 atom stereocenters. The summed E-state index contributed by atoms with van der Waals surface area (Å²) in [6.45, 7) is 4.32. The molecule has 0 aliphatic heterocycles. The van der Waals surface area contributed by atoms with Crippen LogP contribution < -0.4 is 10.5 Å². The minimum Gasteiger partial charge on any atom is -0.489 e. The molecular formula is C25H26N6O. The number of ether oxygens (including phenoxy) is 1. The quantitative estimate of drug-likeness (QED) is 0.415. The predicted octanol–water partition coefficient (Wildman–Crippen LogP) is 4.53. The summed E-state index contributed by atoms with van der Waals surface area (Å²) in [5, 5.41) is 10.4. The Hall–Kier alpha value is -3.74. The molecular weight excluding hydrogens is 400 g/mol. The van der Waals surface area contributed by atoms with Crippen molar-refractivity contribution in [3.63, 3.8) is 0 Å². The van der Waals surface area contributed by atoms with Crippen molar-refractivity contribution in [1.82, 2.24) is 24.0 Å². The molecule has 7 nitrogen and oxygen atoms in total. The standard InChI is InChI=1S/C25H26N6O/c1-17-21-6-2-3-10-31(21)28-24(17)22-13-19-5-4-7-23(25(19)30(22)15-18-8-9-18)32-12-11-29-16-20(26)14-27-29/h2-7,10,13-14,16,18H,8-9,11-12,15,26H2,1H3. The lowest BCUT2D eigenvalue weighted by Gasteiger charge is -2.13. The highest BCUT2D eigenvalue weighted by atomic mass is 16.5. The second-order valence-corrected chi connectivity index (χ2v) is 8.67. The number of aromatic nitrogens is 5. The zero-order valence-electron chi connectivity index (χ0n) is 18.1. The van der Waals surface area contributed by atoms with Crippen molar-refractivity contribution in [3.05, 3.63) is 66.6 Å². The average Bonchev–Trinajstić information content (AvgIpc) is 3.26. The first-order valence-corrected chi connectivity index (χ1v) is 11.1. The monoisotopic (exact) mass is 426 g/mol. The minimum absolute atomic E-state index is 0.525. The highest BCUT2D eigenvalue weighted by Crippen LogP contribution is 2.39. The smallest absolute Gasteiger partial charge is 0.143 e. The molecule has 1 fully saturated rings. The summed E-state index contributed by atoms with van der Waals surface area (Å²) in [7, 11) is 0. The van der Waals surface area contributed by atoms with Crippen LogP contribution >= 0.6 is 0 Å². The summed E-state index contributed by atoms with van der Waals surface area (Å²) < 4.78 is 12.5. The van der Waals surface area contributed by atoms with E-state index in [1.165, 1.54) is 23.8 Å². The molecule has 4 heterocycles. The minimum atomic E-state index is 0.525. The van der Waals surface area contributed by atoms with Crippen molar-refractivity contribution >= 4 is 22.1 Å². The Morgan fingerprint density at radius 3 is 2.84 bits per heavy atom. The van der Waals surface area contributed by atoms with Gasteiger partial charge in [0.1, 0.15) is 18.1 Å². The van der Waals surface area contributed by atoms with Gasteiger partial charge >= 0.3 is 0 Å². The fourth-order valence-corrected chi connectivity index (χ4v) is 4.47. The number of benzene rings is 1. The summed E-state index contributed by atoms with van der Waals surface area (Å²) in [4.78, 5) is 0. The van der Waals surface area contributed by atoms with Gasteiger partial charge in [-0.15, -0.1) is 0 Å². The van der Waals surface area contributed by atoms with Gasteiger partial charge in [-0.25, -0.2) is 4.52 Å². The first-order chi connectivity index (χ1) is 15.7. The molecule has 0 radical (unpaired) electrons. The number of para-hydroxylation sites is 1. The molecule has 7 heteroatoms. The molecule has 5 aromatic rings. The summed E-state index contributed by atoms with van der Waals surface area (Å²) in [5.74, 6) is 1.62. The van der Waals surface area contributed by atoms with Gasteiger partial charge in [-0.2, -0.15) is 10.2 Å². The lowest BCUT2D eigenvalue weighted by Crippen LogP contribution is -2.10. The maximum absolute atomic E-state index is 6.27. The third-order valence-electron chi connectivity index (χ3n) is 6.28. The number of hydrogen-bond donors (Lipinski definition) is 1. The Labute approximate surface area is 186 Å². The zero-order valence-corrected chi connectivity index (χ0v) is 18.1. The van der Waals surface area contributed by atoms with Crippen LogP contribution in [0.3, 0.4) is 0 Å². The maximum atomic E-state index is 6.27. The van der Waals surface area contributed by atoms with E-state index in [9.17, 15) is 0 Å². The molecule has 0 spiro atoms. The van der Waals surface area contributed by atoms with E-state index in [2.05, 4.69) is 53.0 Å². The second kappa shape index (κ2) is 7.44. The number of rotatable bonds is 7. The molecule has 0 saturated heterocycles. The Morgan fingerprint density at radius 1 is 1.16 bits per heavy atom. The summed E-state index contributed by atoms with van der Waals surface area (Å²) in [5.41, 5.74) is 12.1. The van der Waals surface area contributed by atoms with E-state index in [4.69, 9.17) is 15.6 Å². The van der Waals surface area contributed by atoms with Crippen molar-refractivity contribution in [1.29, 1.82) is 0 Å². The molecule has 2 N–H and O–H groups in total. The number of hydrogen-bond acceptors (Lipinski definition) is 4. The van der Waals surface area contributed by atoms with Gasteiger partial charge < -0.3 is 15.0 Å². The van der Waals surface area contributed by atoms with Crippen LogP contribution in [0.1, 0.15) is 18.4 Å². The van der Waals surface area contributed by atoms with Crippen LogP contribution in [-0.4, -0.2) is 30.6 Å². The molecule has 4 aromatic heterocycles. The van der Waals surface area contributed by atoms with E-state index < -0.39 is 0 Å². The van der Waals surface area contributed by atoms with Crippen LogP contribution in [0, 0.1) is 12.8 Å². The van der Waals surface area contributed by atoms with Crippen molar-refractivity contribution in [2.75, 3.05) is 12.3 Å². The van der Waals surface area contributed by atoms with Crippen LogP contribution in [0.5, 0.6) is 5.75 Å². The topological polar surface area (TPSA) is 75.3 Å². The Kier molecular flexibility index (Phi) is 4.41. The van der Waals surface area contributed by atoms with Gasteiger partial charge in [0.2, 0.25) is 0 Å². The normalized spacial score (nSPS) is 13.9. The van der Waals surface area contributed by atoms with Crippen LogP contribution in [0.25, 0.3) is 27.8 Å². The van der Waals surface area contributed by atoms with E-state index in [1.54, 1.807) is 6.20 Å². The average molecular weight is 427 g/mol. The van der Waals surface area contributed by atoms with Crippen molar-refractivity contribution < 1.29 is 4.74 Å². The van der Waals surface area contributed by atoms with Gasteiger partial charge in [0.05, 0.1) is 35.2 Å². The number of pyridine rings is 1. The largest absolute Gasteiger partial charge is 0.489 e. The molecule has 162 valence electrons. The SMILES string of the molecule is Cc1c(-c2cc3cccc(OCCn4cc(N)cn4)c3n2CC2CC2)nn2ccccc12. The van der Waals surface area contributed by atoms with E-state index >= 15 is 0 Å². The van der Waals surface area contributed by atoms with E-state index in [1.807, 2.05) is 27.7 Å². The van der Waals surface area contributed by atoms with Gasteiger partial charge in [0.15, 0.2) is 0 Å². The molecule has 1 aliphatic carbocycles. The van der Waals surface area contributed by atoms with E-state index in [0.717, 1.165) is 40.6 Å². The Balaban J connectivity index is 1.42. The van der Waals surface area contributed by atoms with Crippen molar-refractivity contribution in [2.45, 2.75) is 32.9 Å². The number of nitrogen functional groups attached to an aromatic ring is 1. The number of nitrogens with two attached hydrogens (primary N) is 1. The molecule has 1 saturated carbocycles. The predicted molar refractivity (Wildman–Crippen MR) is 126 cm³/mol. The maximum Gasteiger partial charge on any atom is 0.143 e. The van der Waals surface area contributed by atoms with Crippen molar-refractivity contribution in [3.8, 4) is 17.1 Å². The van der Waals surface area contributed by atoms with E-state index in [-0.39, 0.29) is 0 Å². The number of aryl methyl sites for hydroxylation is 1. The van der Waals surface area contributed by atoms with Crippen LogP contribution in [-0.2, 0) is 13.1 Å². The van der Waals surface area contributed by atoms with Crippen LogP contribution in [0.2, 0.25) is 0 Å². The molecule has 0 amide bonds. The lowest BCUT2D eigenvalue weighted by molar-refractivity contribution is 0.293. The van der Waals surface area contributed by atoms with Gasteiger partial charge in [-0.1, -0.05) is 18.2 Å². The molecule has 1 aromatic carbocycles. The van der Waals surface area contributed by atoms with Gasteiger partial charge in [-0.05, 0) is 49.9 Å². The third-order valence-corrected chi connectivity index (χ3v) is 6.28.